The van der Waals surface area contributed by atoms with Crippen LogP contribution in [0.3, 0.4) is 0 Å². The van der Waals surface area contributed by atoms with E-state index in [9.17, 15) is 8.42 Å². The zero-order valence-corrected chi connectivity index (χ0v) is 12.4. The molecule has 0 saturated carbocycles. The van der Waals surface area contributed by atoms with E-state index in [1.165, 1.54) is 4.31 Å². The Morgan fingerprint density at radius 3 is 2.71 bits per heavy atom. The van der Waals surface area contributed by atoms with E-state index in [1.54, 1.807) is 0 Å². The molecule has 0 radical (unpaired) electrons. The van der Waals surface area contributed by atoms with Gasteiger partial charge in [-0.2, -0.15) is 17.4 Å². The standard InChI is InChI=1S/C13H19N3O4S/c17-21(18,16-7-5-14-6-8-16)15-9-11-10-19-12-3-1-2-4-13(12)20-11/h1-4,11,14-15H,5-10H2. The van der Waals surface area contributed by atoms with Crippen LogP contribution in [0, 0.1) is 0 Å². The zero-order valence-electron chi connectivity index (χ0n) is 11.6. The first-order chi connectivity index (χ1) is 10.1. The van der Waals surface area contributed by atoms with Gasteiger partial charge in [0, 0.05) is 26.2 Å². The minimum atomic E-state index is -3.45. The predicted molar refractivity (Wildman–Crippen MR) is 77.7 cm³/mol. The molecule has 0 aliphatic carbocycles. The molecule has 21 heavy (non-hydrogen) atoms. The van der Waals surface area contributed by atoms with E-state index in [1.807, 2.05) is 24.3 Å². The van der Waals surface area contributed by atoms with Crippen molar-refractivity contribution in [2.45, 2.75) is 6.10 Å². The fourth-order valence-corrected chi connectivity index (χ4v) is 3.58. The molecule has 1 unspecified atom stereocenters. The van der Waals surface area contributed by atoms with Gasteiger partial charge in [-0.15, -0.1) is 0 Å². The van der Waals surface area contributed by atoms with E-state index in [-0.39, 0.29) is 12.6 Å². The highest BCUT2D eigenvalue weighted by Gasteiger charge is 2.26. The summed E-state index contributed by atoms with van der Waals surface area (Å²) in [7, 11) is -3.45. The number of fused-ring (bicyclic) bond motifs is 1. The Bertz CT molecular complexity index is 587. The largest absolute Gasteiger partial charge is 0.486 e. The lowest BCUT2D eigenvalue weighted by atomic mass is 10.2. The molecule has 2 aliphatic heterocycles. The highest BCUT2D eigenvalue weighted by Crippen LogP contribution is 2.30. The minimum absolute atomic E-state index is 0.195. The van der Waals surface area contributed by atoms with Crippen molar-refractivity contribution in [3.63, 3.8) is 0 Å². The molecule has 3 rings (SSSR count). The van der Waals surface area contributed by atoms with Gasteiger partial charge in [0.25, 0.3) is 10.2 Å². The molecule has 7 nitrogen and oxygen atoms in total. The molecule has 2 heterocycles. The molecular weight excluding hydrogens is 294 g/mol. The maximum absolute atomic E-state index is 12.2. The van der Waals surface area contributed by atoms with Crippen molar-refractivity contribution in [2.75, 3.05) is 39.3 Å². The number of rotatable bonds is 4. The normalized spacial score (nSPS) is 23.0. The van der Waals surface area contributed by atoms with Gasteiger partial charge in [-0.05, 0) is 12.1 Å². The first-order valence-corrected chi connectivity index (χ1v) is 8.43. The molecule has 8 heteroatoms. The summed E-state index contributed by atoms with van der Waals surface area (Å²) < 4.78 is 39.7. The third-order valence-electron chi connectivity index (χ3n) is 3.48. The molecule has 0 aromatic heterocycles. The molecule has 1 saturated heterocycles. The van der Waals surface area contributed by atoms with Crippen molar-refractivity contribution in [3.8, 4) is 11.5 Å². The summed E-state index contributed by atoms with van der Waals surface area (Å²) in [6.07, 6.45) is -0.322. The summed E-state index contributed by atoms with van der Waals surface area (Å²) in [5.74, 6) is 1.34. The molecular formula is C13H19N3O4S. The Kier molecular flexibility index (Phi) is 4.29. The van der Waals surface area contributed by atoms with Crippen LogP contribution in [0.25, 0.3) is 0 Å². The fourth-order valence-electron chi connectivity index (χ4n) is 2.34. The van der Waals surface area contributed by atoms with Crippen LogP contribution in [-0.4, -0.2) is 58.2 Å². The Hall–Kier alpha value is -1.35. The van der Waals surface area contributed by atoms with Gasteiger partial charge in [0.05, 0.1) is 6.54 Å². The molecule has 2 aliphatic rings. The quantitative estimate of drug-likeness (QED) is 0.788. The van der Waals surface area contributed by atoms with Crippen LogP contribution < -0.4 is 19.5 Å². The van der Waals surface area contributed by atoms with E-state index in [0.29, 0.717) is 44.3 Å². The second kappa shape index (κ2) is 6.18. The van der Waals surface area contributed by atoms with Gasteiger partial charge in [-0.3, -0.25) is 0 Å². The van der Waals surface area contributed by atoms with Crippen LogP contribution in [-0.2, 0) is 10.2 Å². The monoisotopic (exact) mass is 313 g/mol. The minimum Gasteiger partial charge on any atom is -0.486 e. The van der Waals surface area contributed by atoms with Crippen molar-refractivity contribution in [2.24, 2.45) is 0 Å². The first-order valence-electron chi connectivity index (χ1n) is 6.99. The van der Waals surface area contributed by atoms with Crippen LogP contribution >= 0.6 is 0 Å². The Morgan fingerprint density at radius 1 is 1.24 bits per heavy atom. The van der Waals surface area contributed by atoms with Crippen LogP contribution in [0.2, 0.25) is 0 Å². The molecule has 1 atom stereocenters. The molecule has 1 aromatic carbocycles. The van der Waals surface area contributed by atoms with Crippen molar-refractivity contribution in [3.05, 3.63) is 24.3 Å². The molecule has 0 bridgehead atoms. The van der Waals surface area contributed by atoms with Gasteiger partial charge in [-0.1, -0.05) is 12.1 Å². The summed E-state index contributed by atoms with van der Waals surface area (Å²) in [5, 5.41) is 3.12. The van der Waals surface area contributed by atoms with Crippen LogP contribution in [0.4, 0.5) is 0 Å². The van der Waals surface area contributed by atoms with Crippen LogP contribution in [0.15, 0.2) is 24.3 Å². The number of hydrogen-bond donors (Lipinski definition) is 2. The van der Waals surface area contributed by atoms with Crippen molar-refractivity contribution < 1.29 is 17.9 Å². The molecule has 116 valence electrons. The van der Waals surface area contributed by atoms with Crippen molar-refractivity contribution >= 4 is 10.2 Å². The zero-order chi connectivity index (χ0) is 14.7. The van der Waals surface area contributed by atoms with Gasteiger partial charge < -0.3 is 14.8 Å². The fraction of sp³-hybridized carbons (Fsp3) is 0.538. The summed E-state index contributed by atoms with van der Waals surface area (Å²) >= 11 is 0. The maximum atomic E-state index is 12.2. The number of para-hydroxylation sites is 2. The van der Waals surface area contributed by atoms with Crippen LogP contribution in [0.5, 0.6) is 11.5 Å². The van der Waals surface area contributed by atoms with Gasteiger partial charge in [0.2, 0.25) is 0 Å². The SMILES string of the molecule is O=S(=O)(NCC1COc2ccccc2O1)N1CCNCC1. The van der Waals surface area contributed by atoms with E-state index in [0.717, 1.165) is 0 Å². The lowest BCUT2D eigenvalue weighted by molar-refractivity contribution is 0.0939. The van der Waals surface area contributed by atoms with E-state index < -0.39 is 10.2 Å². The highest BCUT2D eigenvalue weighted by atomic mass is 32.2. The average Bonchev–Trinajstić information content (AvgIpc) is 2.54. The smallest absolute Gasteiger partial charge is 0.279 e. The topological polar surface area (TPSA) is 79.9 Å². The Balaban J connectivity index is 1.56. The Labute approximate surface area is 124 Å². The van der Waals surface area contributed by atoms with Gasteiger partial charge in [-0.25, -0.2) is 0 Å². The van der Waals surface area contributed by atoms with Crippen molar-refractivity contribution in [1.82, 2.24) is 14.3 Å². The van der Waals surface area contributed by atoms with E-state index >= 15 is 0 Å². The van der Waals surface area contributed by atoms with Crippen LogP contribution in [0.1, 0.15) is 0 Å². The number of ether oxygens (including phenoxy) is 2. The molecule has 0 amide bonds. The summed E-state index contributed by atoms with van der Waals surface area (Å²) in [6, 6.07) is 7.37. The lowest BCUT2D eigenvalue weighted by Crippen LogP contribution is -2.52. The average molecular weight is 313 g/mol. The Morgan fingerprint density at radius 2 is 1.95 bits per heavy atom. The summed E-state index contributed by atoms with van der Waals surface area (Å²) in [5.41, 5.74) is 0. The van der Waals surface area contributed by atoms with Crippen molar-refractivity contribution in [1.29, 1.82) is 0 Å². The summed E-state index contributed by atoms with van der Waals surface area (Å²) in [6.45, 7) is 2.86. The third-order valence-corrected chi connectivity index (χ3v) is 5.05. The number of nitrogens with one attached hydrogen (secondary N) is 2. The summed E-state index contributed by atoms with van der Waals surface area (Å²) in [4.78, 5) is 0. The number of hydrogen-bond acceptors (Lipinski definition) is 5. The highest BCUT2D eigenvalue weighted by molar-refractivity contribution is 7.87. The second-order valence-electron chi connectivity index (χ2n) is 5.00. The van der Waals surface area contributed by atoms with Gasteiger partial charge >= 0.3 is 0 Å². The van der Waals surface area contributed by atoms with Gasteiger partial charge in [0.15, 0.2) is 11.5 Å². The number of benzene rings is 1. The first kappa shape index (κ1) is 14.6. The van der Waals surface area contributed by atoms with E-state index in [4.69, 9.17) is 9.47 Å². The molecule has 2 N–H and O–H groups in total. The molecule has 1 aromatic rings. The maximum Gasteiger partial charge on any atom is 0.279 e. The predicted octanol–water partition coefficient (Wildman–Crippen LogP) is -0.434. The number of piperazine rings is 1. The number of nitrogens with zero attached hydrogens (tertiary/aromatic N) is 1. The van der Waals surface area contributed by atoms with E-state index in [2.05, 4.69) is 10.0 Å². The second-order valence-corrected chi connectivity index (χ2v) is 6.76. The lowest BCUT2D eigenvalue weighted by Gasteiger charge is -2.29. The molecule has 0 spiro atoms. The third kappa shape index (κ3) is 3.46. The molecule has 1 fully saturated rings. The van der Waals surface area contributed by atoms with Gasteiger partial charge in [0.1, 0.15) is 12.7 Å².